The molecule has 3 fully saturated rings. The second-order valence-electron chi connectivity index (χ2n) is 35.1. The first-order valence-corrected chi connectivity index (χ1v) is 45.4. The van der Waals surface area contributed by atoms with Crippen molar-refractivity contribution in [3.8, 4) is 5.75 Å². The molecule has 3 amide bonds. The zero-order valence-electron chi connectivity index (χ0n) is 73.5. The smallest absolute Gasteiger partial charge is 0.410 e. The number of aromatic nitrogens is 5. The van der Waals surface area contributed by atoms with Gasteiger partial charge in [0.1, 0.15) is 17.0 Å². The van der Waals surface area contributed by atoms with E-state index in [9.17, 15) is 24.6 Å². The SMILES string of the molecule is CC(C)(C)OC(=O)N1CCc2nc3ccccc3c(Cl)c2C1.CC(C)(C)OC(=O)N1CCc2nc3ccccc3c(N3CCN(CCO)CC3)c2C1.COc1ccc(Cl)cc1NC(=O)CN1CCc2nc3ccccc3c(N3CCN(CCO)CC3)c2C1.Clc1c2c(nc3ccccc13)CCNC2.OCCN1CCN(c2c3c(nc4ccccc24)CCNC3)CC1. The minimum absolute atomic E-state index is 0.105. The van der Waals surface area contributed by atoms with Crippen LogP contribution in [-0.4, -0.2) is 263 Å². The third-order valence-corrected chi connectivity index (χ3v) is 25.3. The van der Waals surface area contributed by atoms with Gasteiger partial charge in [-0.15, -0.1) is 0 Å². The molecule has 126 heavy (non-hydrogen) atoms. The summed E-state index contributed by atoms with van der Waals surface area (Å²) >= 11 is 19.0. The fourth-order valence-corrected chi connectivity index (χ4v) is 18.9. The van der Waals surface area contributed by atoms with Crippen molar-refractivity contribution in [1.29, 1.82) is 0 Å². The molecule has 6 N–H and O–H groups in total. The fourth-order valence-electron chi connectivity index (χ4n) is 18.1. The topological polar surface area (TPSA) is 269 Å². The number of anilines is 4. The fraction of sp³-hybridized carbons (Fsp3) is 0.443. The molecule has 8 aliphatic heterocycles. The Balaban J connectivity index is 0.000000125. The molecule has 0 aliphatic carbocycles. The third kappa shape index (κ3) is 21.9. The van der Waals surface area contributed by atoms with E-state index >= 15 is 0 Å². The molecule has 29 heteroatoms. The Morgan fingerprint density at radius 2 is 0.754 bits per heavy atom. The summed E-state index contributed by atoms with van der Waals surface area (Å²) < 4.78 is 16.4. The summed E-state index contributed by atoms with van der Waals surface area (Å²) in [4.78, 5) is 82.1. The summed E-state index contributed by atoms with van der Waals surface area (Å²) in [5, 5.41) is 45.1. The first kappa shape index (κ1) is 90.9. The van der Waals surface area contributed by atoms with Gasteiger partial charge in [0.2, 0.25) is 5.91 Å². The molecule has 26 nitrogen and oxygen atoms in total. The number of amides is 3. The lowest BCUT2D eigenvalue weighted by Gasteiger charge is -2.39. The molecule has 0 bridgehead atoms. The van der Waals surface area contributed by atoms with Crippen molar-refractivity contribution >= 4 is 130 Å². The predicted molar refractivity (Wildman–Crippen MR) is 503 cm³/mol. The van der Waals surface area contributed by atoms with Crippen molar-refractivity contribution in [2.24, 2.45) is 0 Å². The zero-order valence-corrected chi connectivity index (χ0v) is 75.8. The average Bonchev–Trinajstić information content (AvgIpc) is 0.761. The number of hydrogen-bond donors (Lipinski definition) is 6. The Kier molecular flexibility index (Phi) is 29.9. The van der Waals surface area contributed by atoms with Crippen LogP contribution in [0.4, 0.5) is 32.3 Å². The monoisotopic (exact) mass is 1770 g/mol. The molecule has 0 unspecified atom stereocenters. The molecule has 0 saturated carbocycles. The number of carbonyl (C=O) groups is 3. The number of rotatable bonds is 13. The summed E-state index contributed by atoms with van der Waals surface area (Å²) in [5.41, 5.74) is 19.8. The second kappa shape index (κ2) is 41.5. The van der Waals surface area contributed by atoms with Crippen LogP contribution >= 0.6 is 34.8 Å². The number of aliphatic hydroxyl groups excluding tert-OH is 3. The standard InChI is InChI=1S/C27H32ClN5O3.C23H32N4O3.C18H24N4O.C17H19ClN2O2.C12H11ClN2/c1-36-25-7-6-19(28)16-24(25)30-26(35)18-32-9-8-23-21(17-32)27(20-4-2-3-5-22(20)29-23)33-12-10-31(11-13-33)14-15-34;1-23(2,3)30-22(29)27-9-8-20-18(16-27)21(17-6-4-5-7-19(17)24-20)26-12-10-25(11-13-26)14-15-28;23-12-11-21-7-9-22(10-8-21)18-14-3-1-2-4-16(14)20-17-5-6-19-13-15(17)18;1-17(2,3)22-16(21)20-9-8-14-12(10-20)15(18)11-6-4-5-7-13(11)19-14;13-12-8-3-1-2-4-10(8)15-11-5-6-14-7-9(11)12/h2-7,16,34H,8-15,17-18H2,1H3,(H,30,35);4-7,28H,8-16H2,1-3H3;1-4,19,23H,5-13H2;4-7H,8-10H2,1-3H3;1-4,14H,5-7H2. The van der Waals surface area contributed by atoms with Gasteiger partial charge < -0.3 is 70.0 Å². The molecule has 3 saturated heterocycles. The maximum absolute atomic E-state index is 13.0. The largest absolute Gasteiger partial charge is 0.495 e. The molecule has 13 heterocycles. The highest BCUT2D eigenvalue weighted by Gasteiger charge is 2.35. The quantitative estimate of drug-likeness (QED) is 0.0626. The van der Waals surface area contributed by atoms with Gasteiger partial charge in [-0.25, -0.2) is 9.59 Å². The van der Waals surface area contributed by atoms with E-state index in [4.69, 9.17) is 69.1 Å². The molecule has 19 rings (SSSR count). The van der Waals surface area contributed by atoms with Crippen LogP contribution in [0.25, 0.3) is 54.5 Å². The van der Waals surface area contributed by atoms with Gasteiger partial charge in [0, 0.05) is 271 Å². The van der Waals surface area contributed by atoms with Crippen LogP contribution in [-0.2, 0) is 79.1 Å². The highest BCUT2D eigenvalue weighted by molar-refractivity contribution is 6.36. The number of fused-ring (bicyclic) bond motifs is 10. The summed E-state index contributed by atoms with van der Waals surface area (Å²) in [6.07, 6.45) is 3.64. The first-order chi connectivity index (χ1) is 61.0. The molecule has 666 valence electrons. The van der Waals surface area contributed by atoms with E-state index < -0.39 is 11.2 Å². The molecule has 0 radical (unpaired) electrons. The van der Waals surface area contributed by atoms with Crippen molar-refractivity contribution in [3.63, 3.8) is 0 Å². The Bertz CT molecular complexity index is 5700. The van der Waals surface area contributed by atoms with E-state index in [0.717, 1.165) is 238 Å². The van der Waals surface area contributed by atoms with Gasteiger partial charge in [-0.1, -0.05) is 126 Å². The predicted octanol–water partition coefficient (Wildman–Crippen LogP) is 13.4. The van der Waals surface area contributed by atoms with Gasteiger partial charge in [-0.05, 0) is 90.1 Å². The van der Waals surface area contributed by atoms with Gasteiger partial charge in [0.25, 0.3) is 0 Å². The zero-order chi connectivity index (χ0) is 88.2. The van der Waals surface area contributed by atoms with Crippen LogP contribution in [0.5, 0.6) is 5.75 Å². The molecule has 8 aliphatic rings. The Morgan fingerprint density at radius 1 is 0.405 bits per heavy atom. The molecular formula is C97H118Cl3N17O9. The van der Waals surface area contributed by atoms with E-state index in [1.54, 1.807) is 35.1 Å². The number of nitrogens with zero attached hydrogens (tertiary/aromatic N) is 14. The number of methoxy groups -OCH3 is 1. The number of para-hydroxylation sites is 5. The molecule has 0 atom stereocenters. The Hall–Kier alpha value is -9.91. The summed E-state index contributed by atoms with van der Waals surface area (Å²) in [6.45, 7) is 33.1. The summed E-state index contributed by atoms with van der Waals surface area (Å²) in [5.74, 6) is 0.474. The van der Waals surface area contributed by atoms with E-state index in [1.807, 2.05) is 102 Å². The van der Waals surface area contributed by atoms with E-state index in [2.05, 4.69) is 121 Å². The Labute approximate surface area is 753 Å². The van der Waals surface area contributed by atoms with Crippen LogP contribution in [0.15, 0.2) is 140 Å². The lowest BCUT2D eigenvalue weighted by molar-refractivity contribution is -0.117. The maximum atomic E-state index is 13.0. The number of pyridine rings is 5. The first-order valence-electron chi connectivity index (χ1n) is 44.3. The molecule has 0 spiro atoms. The lowest BCUT2D eigenvalue weighted by atomic mass is 9.98. The second-order valence-corrected chi connectivity index (χ2v) is 36.3. The number of hydrogen-bond acceptors (Lipinski definition) is 23. The van der Waals surface area contributed by atoms with Crippen molar-refractivity contribution < 1.29 is 43.9 Å². The molecule has 5 aromatic heterocycles. The normalized spacial score (nSPS) is 16.9. The van der Waals surface area contributed by atoms with Crippen molar-refractivity contribution in [3.05, 3.63) is 211 Å². The average molecular weight is 1770 g/mol. The minimum Gasteiger partial charge on any atom is -0.495 e. The Morgan fingerprint density at radius 3 is 1.17 bits per heavy atom. The number of benzene rings is 6. The summed E-state index contributed by atoms with van der Waals surface area (Å²) in [6, 6.07) is 46.2. The molecule has 6 aromatic carbocycles. The van der Waals surface area contributed by atoms with E-state index in [0.29, 0.717) is 67.2 Å². The molecular weight excluding hydrogens is 1650 g/mol. The van der Waals surface area contributed by atoms with Gasteiger partial charge in [-0.3, -0.25) is 49.3 Å². The number of β-amino-alcohol motifs (C(OH)–C–C–N with tert-alkyl or cyclic N) is 3. The van der Waals surface area contributed by atoms with Crippen molar-refractivity contribution in [2.75, 3.05) is 184 Å². The van der Waals surface area contributed by atoms with Crippen LogP contribution in [0.3, 0.4) is 0 Å². The summed E-state index contributed by atoms with van der Waals surface area (Å²) in [7, 11) is 1.57. The van der Waals surface area contributed by atoms with Crippen molar-refractivity contribution in [1.82, 2.24) is 65.0 Å². The van der Waals surface area contributed by atoms with Gasteiger partial charge in [-0.2, -0.15) is 0 Å². The number of piperazine rings is 3. The van der Waals surface area contributed by atoms with Gasteiger partial charge in [0.05, 0.1) is 107 Å². The number of nitrogens with one attached hydrogen (secondary N) is 3. The third-order valence-electron chi connectivity index (χ3n) is 24.2. The number of halogens is 3. The van der Waals surface area contributed by atoms with Crippen LogP contribution < -0.4 is 35.4 Å². The number of aliphatic hydroxyl groups is 3. The van der Waals surface area contributed by atoms with E-state index in [1.165, 1.54) is 44.8 Å². The van der Waals surface area contributed by atoms with Crippen LogP contribution in [0.2, 0.25) is 15.1 Å². The molecule has 11 aromatic rings. The highest BCUT2D eigenvalue weighted by Crippen LogP contribution is 2.41. The van der Waals surface area contributed by atoms with Crippen LogP contribution in [0.1, 0.15) is 97.8 Å². The van der Waals surface area contributed by atoms with Gasteiger partial charge in [0.15, 0.2) is 0 Å². The van der Waals surface area contributed by atoms with E-state index in [-0.39, 0.29) is 44.5 Å². The minimum atomic E-state index is -0.509. The lowest BCUT2D eigenvalue weighted by Crippen LogP contribution is -2.48. The highest BCUT2D eigenvalue weighted by atomic mass is 35.5. The number of carbonyl (C=O) groups excluding carboxylic acids is 3. The van der Waals surface area contributed by atoms with Crippen molar-refractivity contribution in [2.45, 2.75) is 118 Å². The number of ether oxygens (including phenoxy) is 3. The maximum Gasteiger partial charge on any atom is 0.410 e. The van der Waals surface area contributed by atoms with Gasteiger partial charge >= 0.3 is 12.2 Å². The van der Waals surface area contributed by atoms with Crippen LogP contribution in [0, 0.1) is 0 Å².